The Morgan fingerprint density at radius 2 is 1.82 bits per heavy atom. The van der Waals surface area contributed by atoms with Crippen LogP contribution in [-0.2, 0) is 19.1 Å². The summed E-state index contributed by atoms with van der Waals surface area (Å²) in [5.74, 6) is -0.514. The van der Waals surface area contributed by atoms with Gasteiger partial charge in [0.05, 0.1) is 12.6 Å². The molecule has 3 rings (SSSR count). The van der Waals surface area contributed by atoms with Gasteiger partial charge in [0, 0.05) is 37.9 Å². The van der Waals surface area contributed by atoms with Gasteiger partial charge in [-0.15, -0.1) is 0 Å². The lowest BCUT2D eigenvalue weighted by molar-refractivity contribution is -0.146. The standard InChI is InChI=1S/C25H36N4O5/c1-15(2)23(34-4)25(33)29-14-20(30)22-19(29)10-12-28(22)21(31)13-16(3)9-11-27-24(32)17-5-7-18(26)8-6-17/h5-8,15-16,19,22-23H,9-14,26H2,1-4H3,(H,27,32). The number of nitrogen functional groups attached to an aromatic ring is 1. The first kappa shape index (κ1) is 25.7. The van der Waals surface area contributed by atoms with E-state index in [1.807, 2.05) is 20.8 Å². The van der Waals surface area contributed by atoms with Crippen LogP contribution in [0.25, 0.3) is 0 Å². The molecule has 2 aliphatic heterocycles. The van der Waals surface area contributed by atoms with Gasteiger partial charge in [0.2, 0.25) is 5.91 Å². The van der Waals surface area contributed by atoms with Crippen molar-refractivity contribution in [1.82, 2.24) is 15.1 Å². The van der Waals surface area contributed by atoms with Gasteiger partial charge in [-0.05, 0) is 48.9 Å². The number of hydrogen-bond donors (Lipinski definition) is 2. The maximum Gasteiger partial charge on any atom is 0.252 e. The number of fused-ring (bicyclic) bond motifs is 1. The fourth-order valence-electron chi connectivity index (χ4n) is 4.90. The van der Waals surface area contributed by atoms with Crippen LogP contribution in [-0.4, -0.2) is 78.2 Å². The monoisotopic (exact) mass is 472 g/mol. The molecule has 2 fully saturated rings. The number of carbonyl (C=O) groups excluding carboxylic acids is 4. The van der Waals surface area contributed by atoms with Crippen molar-refractivity contribution in [3.8, 4) is 0 Å². The highest BCUT2D eigenvalue weighted by Gasteiger charge is 2.52. The summed E-state index contributed by atoms with van der Waals surface area (Å²) in [7, 11) is 1.50. The van der Waals surface area contributed by atoms with E-state index in [0.717, 1.165) is 0 Å². The van der Waals surface area contributed by atoms with Crippen LogP contribution in [0.5, 0.6) is 0 Å². The fraction of sp³-hybridized carbons (Fsp3) is 0.600. The van der Waals surface area contributed by atoms with Crippen molar-refractivity contribution in [3.05, 3.63) is 29.8 Å². The molecule has 0 bridgehead atoms. The first-order chi connectivity index (χ1) is 16.1. The van der Waals surface area contributed by atoms with Crippen LogP contribution in [0, 0.1) is 11.8 Å². The van der Waals surface area contributed by atoms with Crippen molar-refractivity contribution in [1.29, 1.82) is 0 Å². The molecule has 2 saturated heterocycles. The maximum atomic E-state index is 13.0. The highest BCUT2D eigenvalue weighted by atomic mass is 16.5. The Morgan fingerprint density at radius 1 is 1.15 bits per heavy atom. The summed E-state index contributed by atoms with van der Waals surface area (Å²) in [6.07, 6.45) is 0.917. The molecular weight excluding hydrogens is 436 g/mol. The van der Waals surface area contributed by atoms with E-state index in [1.54, 1.807) is 34.1 Å². The van der Waals surface area contributed by atoms with Gasteiger partial charge in [0.25, 0.3) is 11.8 Å². The second kappa shape index (κ2) is 11.0. The van der Waals surface area contributed by atoms with Crippen LogP contribution < -0.4 is 11.1 Å². The number of nitrogens with two attached hydrogens (primary N) is 1. The number of likely N-dealkylation sites (tertiary alicyclic amines) is 2. The van der Waals surface area contributed by atoms with Gasteiger partial charge in [-0.25, -0.2) is 0 Å². The molecule has 3 N–H and O–H groups in total. The number of methoxy groups -OCH3 is 1. The summed E-state index contributed by atoms with van der Waals surface area (Å²) in [6.45, 7) is 6.70. The van der Waals surface area contributed by atoms with Gasteiger partial charge in [0.15, 0.2) is 5.78 Å². The number of ketones is 1. The Labute approximate surface area is 201 Å². The highest BCUT2D eigenvalue weighted by Crippen LogP contribution is 2.32. The van der Waals surface area contributed by atoms with Gasteiger partial charge in [-0.3, -0.25) is 19.2 Å². The molecule has 0 radical (unpaired) electrons. The molecule has 0 spiro atoms. The summed E-state index contributed by atoms with van der Waals surface area (Å²) < 4.78 is 5.37. The zero-order chi connectivity index (χ0) is 25.0. The third-order valence-electron chi connectivity index (χ3n) is 6.75. The third kappa shape index (κ3) is 5.58. The molecule has 9 heteroatoms. The van der Waals surface area contributed by atoms with Crippen LogP contribution in [0.1, 0.15) is 50.4 Å². The zero-order valence-electron chi connectivity index (χ0n) is 20.5. The Kier molecular flexibility index (Phi) is 8.30. The number of nitrogens with one attached hydrogen (secondary N) is 1. The largest absolute Gasteiger partial charge is 0.399 e. The molecule has 4 atom stereocenters. The lowest BCUT2D eigenvalue weighted by atomic mass is 10.0. The number of carbonyl (C=O) groups is 4. The highest BCUT2D eigenvalue weighted by molar-refractivity contribution is 5.98. The van der Waals surface area contributed by atoms with Gasteiger partial charge in [0.1, 0.15) is 12.1 Å². The first-order valence-electron chi connectivity index (χ1n) is 11.9. The molecule has 4 unspecified atom stereocenters. The third-order valence-corrected chi connectivity index (χ3v) is 6.75. The number of ether oxygens (including phenoxy) is 1. The van der Waals surface area contributed by atoms with Crippen molar-refractivity contribution >= 4 is 29.2 Å². The van der Waals surface area contributed by atoms with E-state index in [-0.39, 0.29) is 54.3 Å². The molecule has 2 heterocycles. The second-order valence-electron chi connectivity index (χ2n) is 9.70. The average molecular weight is 473 g/mol. The number of nitrogens with zero attached hydrogens (tertiary/aromatic N) is 2. The number of hydrogen-bond acceptors (Lipinski definition) is 6. The quantitative estimate of drug-likeness (QED) is 0.525. The maximum absolute atomic E-state index is 13.0. The number of benzene rings is 1. The Morgan fingerprint density at radius 3 is 2.44 bits per heavy atom. The van der Waals surface area contributed by atoms with Crippen LogP contribution >= 0.6 is 0 Å². The topological polar surface area (TPSA) is 122 Å². The molecular formula is C25H36N4O5. The van der Waals surface area contributed by atoms with E-state index >= 15 is 0 Å². The minimum atomic E-state index is -0.597. The smallest absolute Gasteiger partial charge is 0.252 e. The van der Waals surface area contributed by atoms with Crippen molar-refractivity contribution in [3.63, 3.8) is 0 Å². The summed E-state index contributed by atoms with van der Waals surface area (Å²) in [5, 5.41) is 2.86. The van der Waals surface area contributed by atoms with Crippen LogP contribution in [0.3, 0.4) is 0 Å². The number of Topliss-reactive ketones (excluding diaryl/α,β-unsaturated/α-hetero) is 1. The molecule has 9 nitrogen and oxygen atoms in total. The van der Waals surface area contributed by atoms with Crippen LogP contribution in [0.15, 0.2) is 24.3 Å². The summed E-state index contributed by atoms with van der Waals surface area (Å²) in [5.41, 5.74) is 6.78. The number of anilines is 1. The minimum absolute atomic E-state index is 0.00726. The molecule has 0 saturated carbocycles. The van der Waals surface area contributed by atoms with E-state index in [9.17, 15) is 19.2 Å². The Hall–Kier alpha value is -2.94. The average Bonchev–Trinajstić information content (AvgIpc) is 3.35. The van der Waals surface area contributed by atoms with Crippen molar-refractivity contribution < 1.29 is 23.9 Å². The Bertz CT molecular complexity index is 916. The van der Waals surface area contributed by atoms with Gasteiger partial charge >= 0.3 is 0 Å². The molecule has 1 aromatic carbocycles. The molecule has 3 amide bonds. The predicted molar refractivity (Wildman–Crippen MR) is 128 cm³/mol. The molecule has 1 aromatic rings. The molecule has 34 heavy (non-hydrogen) atoms. The molecule has 0 aromatic heterocycles. The van der Waals surface area contributed by atoms with Crippen LogP contribution in [0.2, 0.25) is 0 Å². The summed E-state index contributed by atoms with van der Waals surface area (Å²) in [4.78, 5) is 54.2. The lowest BCUT2D eigenvalue weighted by Gasteiger charge is -2.28. The fourth-order valence-corrected chi connectivity index (χ4v) is 4.90. The van der Waals surface area contributed by atoms with E-state index in [0.29, 0.717) is 37.2 Å². The van der Waals surface area contributed by atoms with Crippen molar-refractivity contribution in [2.75, 3.05) is 32.5 Å². The molecule has 186 valence electrons. The number of rotatable bonds is 9. The van der Waals surface area contributed by atoms with Crippen molar-refractivity contribution in [2.24, 2.45) is 11.8 Å². The first-order valence-corrected chi connectivity index (χ1v) is 11.9. The van der Waals surface area contributed by atoms with Gasteiger partial charge < -0.3 is 25.6 Å². The van der Waals surface area contributed by atoms with Crippen LogP contribution in [0.4, 0.5) is 5.69 Å². The summed E-state index contributed by atoms with van der Waals surface area (Å²) in [6, 6.07) is 5.84. The minimum Gasteiger partial charge on any atom is -0.399 e. The lowest BCUT2D eigenvalue weighted by Crippen LogP contribution is -2.47. The normalized spacial score (nSPS) is 21.5. The van der Waals surface area contributed by atoms with Gasteiger partial charge in [-0.2, -0.15) is 0 Å². The van der Waals surface area contributed by atoms with Crippen molar-refractivity contribution in [2.45, 2.75) is 58.2 Å². The second-order valence-corrected chi connectivity index (χ2v) is 9.70. The number of amides is 3. The molecule has 2 aliphatic rings. The Balaban J connectivity index is 1.50. The predicted octanol–water partition coefficient (Wildman–Crippen LogP) is 1.47. The molecule has 0 aliphatic carbocycles. The SMILES string of the molecule is COC(C(=O)N1CC(=O)C2C1CCN2C(=O)CC(C)CCNC(=O)c1ccc(N)cc1)C(C)C. The van der Waals surface area contributed by atoms with Gasteiger partial charge in [-0.1, -0.05) is 20.8 Å². The van der Waals surface area contributed by atoms with E-state index < -0.39 is 12.1 Å². The van der Waals surface area contributed by atoms with E-state index in [4.69, 9.17) is 10.5 Å². The zero-order valence-corrected chi connectivity index (χ0v) is 20.5. The van der Waals surface area contributed by atoms with E-state index in [1.165, 1.54) is 7.11 Å². The summed E-state index contributed by atoms with van der Waals surface area (Å²) >= 11 is 0. The van der Waals surface area contributed by atoms with E-state index in [2.05, 4.69) is 5.32 Å².